The number of benzene rings is 2. The Hall–Kier alpha value is -2.93. The van der Waals surface area contributed by atoms with E-state index < -0.39 is 10.0 Å². The molecule has 2 aromatic rings. The van der Waals surface area contributed by atoms with Crippen molar-refractivity contribution in [2.24, 2.45) is 4.40 Å². The van der Waals surface area contributed by atoms with E-state index >= 15 is 0 Å². The number of carbonyl (C=O) groups excluding carboxylic acids is 1. The molecule has 0 aliphatic carbocycles. The van der Waals surface area contributed by atoms with Gasteiger partial charge >= 0.3 is 0 Å². The van der Waals surface area contributed by atoms with Gasteiger partial charge in [0.05, 0.1) is 0 Å². The highest BCUT2D eigenvalue weighted by molar-refractivity contribution is 7.90. The highest BCUT2D eigenvalue weighted by Gasteiger charge is 2.40. The molecule has 7 heteroatoms. The number of amidine groups is 1. The second-order valence-electron chi connectivity index (χ2n) is 7.87. The van der Waals surface area contributed by atoms with Crippen LogP contribution in [0.1, 0.15) is 30.4 Å². The van der Waals surface area contributed by atoms with Gasteiger partial charge in [-0.1, -0.05) is 48.5 Å². The number of rotatable bonds is 2. The lowest BCUT2D eigenvalue weighted by molar-refractivity contribution is -0.134. The van der Waals surface area contributed by atoms with Crippen molar-refractivity contribution in [2.45, 2.75) is 30.2 Å². The smallest absolute Gasteiger partial charge is 0.285 e. The van der Waals surface area contributed by atoms with E-state index in [1.54, 1.807) is 18.2 Å². The minimum absolute atomic E-state index is 0.0559. The third-order valence-electron chi connectivity index (χ3n) is 6.09. The molecule has 0 saturated carbocycles. The fraction of sp³-hybridized carbons (Fsp3) is 0.304. The number of hydrogen-bond acceptors (Lipinski definition) is 4. The molecule has 0 spiro atoms. The van der Waals surface area contributed by atoms with Gasteiger partial charge in [0.1, 0.15) is 10.9 Å². The molecule has 5 rings (SSSR count). The van der Waals surface area contributed by atoms with E-state index in [-0.39, 0.29) is 16.8 Å². The SMILES string of the molecule is O=C(C1CCCN1C1=NS(=O)(=O)c2ccccc21)N1CC=C(c2ccccc2)CC1. The van der Waals surface area contributed by atoms with Crippen LogP contribution in [0.15, 0.2) is 70.0 Å². The van der Waals surface area contributed by atoms with E-state index in [2.05, 4.69) is 22.6 Å². The van der Waals surface area contributed by atoms with Crippen molar-refractivity contribution in [1.29, 1.82) is 0 Å². The lowest BCUT2D eigenvalue weighted by atomic mass is 9.99. The molecule has 1 unspecified atom stereocenters. The average Bonchev–Trinajstić information content (AvgIpc) is 3.37. The monoisotopic (exact) mass is 421 g/mol. The maximum Gasteiger partial charge on any atom is 0.285 e. The first kappa shape index (κ1) is 19.1. The molecule has 154 valence electrons. The predicted molar refractivity (Wildman–Crippen MR) is 116 cm³/mol. The van der Waals surface area contributed by atoms with Crippen LogP contribution in [0, 0.1) is 0 Å². The van der Waals surface area contributed by atoms with Crippen LogP contribution in [0.2, 0.25) is 0 Å². The fourth-order valence-electron chi connectivity index (χ4n) is 4.57. The topological polar surface area (TPSA) is 70.0 Å². The van der Waals surface area contributed by atoms with Gasteiger partial charge in [-0.2, -0.15) is 8.42 Å². The summed E-state index contributed by atoms with van der Waals surface area (Å²) in [6.45, 7) is 1.89. The third-order valence-corrected chi connectivity index (χ3v) is 7.41. The lowest BCUT2D eigenvalue weighted by Gasteiger charge is -2.33. The van der Waals surface area contributed by atoms with Crippen molar-refractivity contribution in [3.63, 3.8) is 0 Å². The normalized spacial score (nSPS) is 22.5. The van der Waals surface area contributed by atoms with Crippen LogP contribution in [-0.2, 0) is 14.8 Å². The third kappa shape index (κ3) is 3.23. The number of amides is 1. The minimum atomic E-state index is -3.69. The van der Waals surface area contributed by atoms with Gasteiger partial charge in [-0.15, -0.1) is 4.40 Å². The molecule has 1 saturated heterocycles. The first-order chi connectivity index (χ1) is 14.5. The van der Waals surface area contributed by atoms with E-state index in [1.165, 1.54) is 11.1 Å². The maximum absolute atomic E-state index is 13.3. The molecular weight excluding hydrogens is 398 g/mol. The Morgan fingerprint density at radius 2 is 1.77 bits per heavy atom. The largest absolute Gasteiger partial charge is 0.343 e. The zero-order chi connectivity index (χ0) is 20.7. The Bertz CT molecular complexity index is 1160. The summed E-state index contributed by atoms with van der Waals surface area (Å²) in [7, 11) is -3.69. The van der Waals surface area contributed by atoms with Crippen LogP contribution in [0.5, 0.6) is 0 Å². The van der Waals surface area contributed by atoms with Crippen molar-refractivity contribution in [1.82, 2.24) is 9.80 Å². The predicted octanol–water partition coefficient (Wildman–Crippen LogP) is 2.92. The lowest BCUT2D eigenvalue weighted by Crippen LogP contribution is -2.48. The van der Waals surface area contributed by atoms with Crippen molar-refractivity contribution >= 4 is 27.3 Å². The highest BCUT2D eigenvalue weighted by atomic mass is 32.2. The maximum atomic E-state index is 13.3. The quantitative estimate of drug-likeness (QED) is 0.748. The van der Waals surface area contributed by atoms with E-state index in [0.29, 0.717) is 37.5 Å². The molecule has 2 aromatic carbocycles. The van der Waals surface area contributed by atoms with E-state index in [9.17, 15) is 13.2 Å². The van der Waals surface area contributed by atoms with Gasteiger partial charge < -0.3 is 9.80 Å². The van der Waals surface area contributed by atoms with E-state index in [1.807, 2.05) is 34.1 Å². The van der Waals surface area contributed by atoms with Crippen LogP contribution in [-0.4, -0.2) is 55.6 Å². The van der Waals surface area contributed by atoms with Crippen molar-refractivity contribution in [2.75, 3.05) is 19.6 Å². The van der Waals surface area contributed by atoms with Crippen LogP contribution in [0.4, 0.5) is 0 Å². The van der Waals surface area contributed by atoms with Gasteiger partial charge in [-0.05, 0) is 42.5 Å². The first-order valence-electron chi connectivity index (χ1n) is 10.3. The summed E-state index contributed by atoms with van der Waals surface area (Å²) in [6, 6.07) is 16.7. The molecule has 0 bridgehead atoms. The Morgan fingerprint density at radius 3 is 2.53 bits per heavy atom. The number of carbonyl (C=O) groups is 1. The standard InChI is InChI=1S/C23H23N3O3S/c27-23(25-15-12-18(13-16-25)17-7-2-1-3-8-17)20-10-6-14-26(20)22-19-9-4-5-11-21(19)30(28,29)24-22/h1-5,7-9,11-12,20H,6,10,13-16H2. The molecular formula is C23H23N3O3S. The summed E-state index contributed by atoms with van der Waals surface area (Å²) in [4.78, 5) is 17.3. The summed E-state index contributed by atoms with van der Waals surface area (Å²) >= 11 is 0. The number of nitrogens with zero attached hydrogens (tertiary/aromatic N) is 3. The molecule has 1 amide bonds. The Balaban J connectivity index is 1.37. The van der Waals surface area contributed by atoms with E-state index in [0.717, 1.165) is 12.8 Å². The summed E-state index contributed by atoms with van der Waals surface area (Å²) in [6.07, 6.45) is 4.51. The first-order valence-corrected chi connectivity index (χ1v) is 11.7. The Morgan fingerprint density at radius 1 is 1.00 bits per heavy atom. The highest BCUT2D eigenvalue weighted by Crippen LogP contribution is 2.32. The molecule has 6 nitrogen and oxygen atoms in total. The van der Waals surface area contributed by atoms with Crippen LogP contribution in [0.25, 0.3) is 5.57 Å². The van der Waals surface area contributed by atoms with Crippen LogP contribution >= 0.6 is 0 Å². The van der Waals surface area contributed by atoms with Gasteiger partial charge in [-0.3, -0.25) is 4.79 Å². The van der Waals surface area contributed by atoms with Crippen LogP contribution < -0.4 is 0 Å². The molecule has 3 aliphatic rings. The molecule has 30 heavy (non-hydrogen) atoms. The molecule has 1 atom stereocenters. The fourth-order valence-corrected chi connectivity index (χ4v) is 5.78. The Kier molecular flexibility index (Phi) is 4.70. The molecule has 0 aromatic heterocycles. The Labute approximate surface area is 176 Å². The molecule has 3 heterocycles. The van der Waals surface area contributed by atoms with Gasteiger partial charge in [0.25, 0.3) is 10.0 Å². The average molecular weight is 422 g/mol. The van der Waals surface area contributed by atoms with Crippen molar-refractivity contribution < 1.29 is 13.2 Å². The summed E-state index contributed by atoms with van der Waals surface area (Å²) in [5.74, 6) is 0.472. The van der Waals surface area contributed by atoms with Crippen LogP contribution in [0.3, 0.4) is 0 Å². The summed E-state index contributed by atoms with van der Waals surface area (Å²) in [5.41, 5.74) is 3.07. The second-order valence-corrected chi connectivity index (χ2v) is 9.44. The van der Waals surface area contributed by atoms with Gasteiger partial charge in [0, 0.05) is 25.2 Å². The van der Waals surface area contributed by atoms with Crippen molar-refractivity contribution in [3.05, 3.63) is 71.8 Å². The number of hydrogen-bond donors (Lipinski definition) is 0. The zero-order valence-electron chi connectivity index (χ0n) is 16.6. The van der Waals surface area contributed by atoms with Gasteiger partial charge in [-0.25, -0.2) is 0 Å². The second kappa shape index (κ2) is 7.40. The molecule has 3 aliphatic heterocycles. The molecule has 0 radical (unpaired) electrons. The minimum Gasteiger partial charge on any atom is -0.343 e. The summed E-state index contributed by atoms with van der Waals surface area (Å²) < 4.78 is 28.9. The molecule has 1 fully saturated rings. The molecule has 0 N–H and O–H groups in total. The number of likely N-dealkylation sites (tertiary alicyclic amines) is 1. The number of sulfonamides is 1. The van der Waals surface area contributed by atoms with Gasteiger partial charge in [0.15, 0.2) is 5.84 Å². The van der Waals surface area contributed by atoms with Crippen molar-refractivity contribution in [3.8, 4) is 0 Å². The summed E-state index contributed by atoms with van der Waals surface area (Å²) in [5, 5.41) is 0. The zero-order valence-corrected chi connectivity index (χ0v) is 17.4. The van der Waals surface area contributed by atoms with Gasteiger partial charge in [0.2, 0.25) is 5.91 Å². The van der Waals surface area contributed by atoms with E-state index in [4.69, 9.17) is 0 Å². The number of fused-ring (bicyclic) bond motifs is 1.